The van der Waals surface area contributed by atoms with E-state index < -0.39 is 17.3 Å². The monoisotopic (exact) mass is 277 g/mol. The van der Waals surface area contributed by atoms with Crippen molar-refractivity contribution in [1.29, 1.82) is 0 Å². The van der Waals surface area contributed by atoms with Crippen LogP contribution in [0.5, 0.6) is 0 Å². The van der Waals surface area contributed by atoms with Crippen LogP contribution in [0.3, 0.4) is 0 Å². The highest BCUT2D eigenvalue weighted by atomic mass is 19.1. The molecule has 2 N–H and O–H groups in total. The van der Waals surface area contributed by atoms with E-state index in [1.165, 1.54) is 12.1 Å². The first-order valence-corrected chi connectivity index (χ1v) is 6.70. The number of piperidine rings is 1. The number of carbonyl (C=O) groups is 1. The molecule has 20 heavy (non-hydrogen) atoms. The fraction of sp³-hybridized carbons (Fsp3) is 0.429. The van der Waals surface area contributed by atoms with E-state index in [9.17, 15) is 9.18 Å². The highest BCUT2D eigenvalue weighted by Gasteiger charge is 2.42. The van der Waals surface area contributed by atoms with Gasteiger partial charge in [0.25, 0.3) is 5.91 Å². The molecular weight excluding hydrogens is 261 g/mol. The summed E-state index contributed by atoms with van der Waals surface area (Å²) in [6, 6.07) is 6.05. The third-order valence-corrected chi connectivity index (χ3v) is 3.66. The predicted octanol–water partition coefficient (Wildman–Crippen LogP) is 1.66. The maximum Gasteiger partial charge on any atom is 0.273 e. The summed E-state index contributed by atoms with van der Waals surface area (Å²) >= 11 is 0. The van der Waals surface area contributed by atoms with Gasteiger partial charge in [0.2, 0.25) is 0 Å². The number of benzene rings is 1. The number of nitrogens with one attached hydrogen (secondary N) is 2. The molecule has 1 atom stereocenters. The molecule has 2 heterocycles. The highest BCUT2D eigenvalue weighted by molar-refractivity contribution is 6.43. The Morgan fingerprint density at radius 3 is 3.05 bits per heavy atom. The minimum Gasteiger partial charge on any atom is -0.387 e. The van der Waals surface area contributed by atoms with Crippen molar-refractivity contribution in [3.63, 3.8) is 0 Å². The molecular formula is C14H16FN3O2. The molecule has 1 aromatic rings. The van der Waals surface area contributed by atoms with E-state index in [2.05, 4.69) is 15.8 Å². The molecule has 0 bridgehead atoms. The number of amides is 1. The van der Waals surface area contributed by atoms with Gasteiger partial charge in [0, 0.05) is 13.0 Å². The van der Waals surface area contributed by atoms with Gasteiger partial charge in [-0.05, 0) is 31.5 Å². The first-order valence-electron chi connectivity index (χ1n) is 6.70. The van der Waals surface area contributed by atoms with Crippen LogP contribution in [-0.2, 0) is 9.63 Å². The maximum atomic E-state index is 13.5. The highest BCUT2D eigenvalue weighted by Crippen LogP contribution is 2.30. The van der Waals surface area contributed by atoms with Gasteiger partial charge < -0.3 is 15.5 Å². The number of rotatable bonds is 2. The molecule has 0 saturated carbocycles. The van der Waals surface area contributed by atoms with Gasteiger partial charge in [-0.2, -0.15) is 0 Å². The minimum absolute atomic E-state index is 0.155. The molecule has 6 heteroatoms. The van der Waals surface area contributed by atoms with E-state index in [0.717, 1.165) is 19.4 Å². The molecule has 1 unspecified atom stereocenters. The average Bonchev–Trinajstić information content (AvgIpc) is 2.86. The van der Waals surface area contributed by atoms with Crippen molar-refractivity contribution < 1.29 is 14.0 Å². The molecule has 106 valence electrons. The molecule has 1 spiro atoms. The first-order chi connectivity index (χ1) is 9.69. The second-order valence-electron chi connectivity index (χ2n) is 5.20. The van der Waals surface area contributed by atoms with Crippen LogP contribution >= 0.6 is 0 Å². The molecule has 1 saturated heterocycles. The van der Waals surface area contributed by atoms with Crippen LogP contribution in [0, 0.1) is 5.82 Å². The van der Waals surface area contributed by atoms with Gasteiger partial charge in [-0.15, -0.1) is 0 Å². The van der Waals surface area contributed by atoms with Crippen molar-refractivity contribution in [2.24, 2.45) is 5.16 Å². The summed E-state index contributed by atoms with van der Waals surface area (Å²) in [5.74, 6) is -0.869. The Balaban J connectivity index is 1.66. The predicted molar refractivity (Wildman–Crippen MR) is 73.0 cm³/mol. The van der Waals surface area contributed by atoms with Gasteiger partial charge in [0.05, 0.1) is 5.69 Å². The summed E-state index contributed by atoms with van der Waals surface area (Å²) < 4.78 is 13.5. The Morgan fingerprint density at radius 2 is 2.30 bits per heavy atom. The number of nitrogens with zero attached hydrogens (tertiary/aromatic N) is 1. The summed E-state index contributed by atoms with van der Waals surface area (Å²) in [5.41, 5.74) is 0.0695. The maximum absolute atomic E-state index is 13.5. The van der Waals surface area contributed by atoms with Crippen molar-refractivity contribution in [1.82, 2.24) is 5.32 Å². The summed E-state index contributed by atoms with van der Waals surface area (Å²) in [4.78, 5) is 17.5. The van der Waals surface area contributed by atoms with Gasteiger partial charge in [-0.3, -0.25) is 4.79 Å². The quantitative estimate of drug-likeness (QED) is 0.864. The smallest absolute Gasteiger partial charge is 0.273 e. The molecule has 5 nitrogen and oxygen atoms in total. The zero-order valence-corrected chi connectivity index (χ0v) is 11.0. The fourth-order valence-corrected chi connectivity index (χ4v) is 2.57. The molecule has 0 radical (unpaired) electrons. The number of hydrogen-bond acceptors (Lipinski definition) is 4. The number of oxime groups is 1. The molecule has 1 fully saturated rings. The van der Waals surface area contributed by atoms with Gasteiger partial charge in [0.15, 0.2) is 5.60 Å². The van der Waals surface area contributed by atoms with Crippen molar-refractivity contribution in [2.75, 3.05) is 18.4 Å². The van der Waals surface area contributed by atoms with Crippen LogP contribution in [0.25, 0.3) is 0 Å². The van der Waals surface area contributed by atoms with Gasteiger partial charge in [-0.25, -0.2) is 4.39 Å². The Morgan fingerprint density at radius 1 is 1.45 bits per heavy atom. The van der Waals surface area contributed by atoms with Crippen LogP contribution < -0.4 is 10.6 Å². The molecule has 1 amide bonds. The lowest BCUT2D eigenvalue weighted by molar-refractivity contribution is -0.110. The Labute approximate surface area is 116 Å². The standard InChI is InChI=1S/C14H16FN3O2/c15-10-4-1-2-5-11(10)17-13(19)12-8-14(20-18-12)6-3-7-16-9-14/h1-2,4-5,16H,3,6-9H2,(H,17,19). The molecule has 0 aliphatic carbocycles. The third kappa shape index (κ3) is 2.51. The minimum atomic E-state index is -0.464. The number of anilines is 1. The van der Waals surface area contributed by atoms with Crippen LogP contribution in [0.2, 0.25) is 0 Å². The lowest BCUT2D eigenvalue weighted by atomic mass is 9.89. The zero-order valence-electron chi connectivity index (χ0n) is 11.0. The third-order valence-electron chi connectivity index (χ3n) is 3.66. The average molecular weight is 277 g/mol. The molecule has 3 rings (SSSR count). The number of halogens is 1. The van der Waals surface area contributed by atoms with Crippen LogP contribution in [-0.4, -0.2) is 30.3 Å². The topological polar surface area (TPSA) is 62.7 Å². The van der Waals surface area contributed by atoms with E-state index in [0.29, 0.717) is 18.7 Å². The summed E-state index contributed by atoms with van der Waals surface area (Å²) in [6.45, 7) is 1.65. The lowest BCUT2D eigenvalue weighted by Crippen LogP contribution is -2.46. The van der Waals surface area contributed by atoms with E-state index >= 15 is 0 Å². The van der Waals surface area contributed by atoms with E-state index in [-0.39, 0.29) is 5.69 Å². The van der Waals surface area contributed by atoms with E-state index in [4.69, 9.17) is 4.84 Å². The second kappa shape index (κ2) is 5.20. The summed E-state index contributed by atoms with van der Waals surface area (Å²) in [6.07, 6.45) is 2.33. The molecule has 2 aliphatic rings. The largest absolute Gasteiger partial charge is 0.387 e. The SMILES string of the molecule is O=C(Nc1ccccc1F)C1=NOC2(CCCNC2)C1. The summed E-state index contributed by atoms with van der Waals surface area (Å²) in [5, 5.41) is 9.66. The molecule has 2 aliphatic heterocycles. The van der Waals surface area contributed by atoms with Crippen LogP contribution in [0.4, 0.5) is 10.1 Å². The van der Waals surface area contributed by atoms with Gasteiger partial charge in [0.1, 0.15) is 11.5 Å². The first kappa shape index (κ1) is 13.1. The van der Waals surface area contributed by atoms with Crippen LogP contribution in [0.15, 0.2) is 29.4 Å². The zero-order chi connectivity index (χ0) is 14.0. The van der Waals surface area contributed by atoms with Crippen LogP contribution in [0.1, 0.15) is 19.3 Å². The second-order valence-corrected chi connectivity index (χ2v) is 5.20. The number of carbonyl (C=O) groups excluding carboxylic acids is 1. The van der Waals surface area contributed by atoms with Crippen molar-refractivity contribution in [3.8, 4) is 0 Å². The van der Waals surface area contributed by atoms with E-state index in [1.807, 2.05) is 0 Å². The Kier molecular flexibility index (Phi) is 3.40. The Hall–Kier alpha value is -1.95. The lowest BCUT2D eigenvalue weighted by Gasteiger charge is -2.30. The van der Waals surface area contributed by atoms with Gasteiger partial charge in [-0.1, -0.05) is 17.3 Å². The van der Waals surface area contributed by atoms with Crippen molar-refractivity contribution in [3.05, 3.63) is 30.1 Å². The normalized spacial score (nSPS) is 25.1. The fourth-order valence-electron chi connectivity index (χ4n) is 2.57. The molecule has 0 aromatic heterocycles. The number of hydrogen-bond donors (Lipinski definition) is 2. The summed E-state index contributed by atoms with van der Waals surface area (Å²) in [7, 11) is 0. The number of para-hydroxylation sites is 1. The molecule has 1 aromatic carbocycles. The van der Waals surface area contributed by atoms with Crippen molar-refractivity contribution >= 4 is 17.3 Å². The van der Waals surface area contributed by atoms with Gasteiger partial charge >= 0.3 is 0 Å². The van der Waals surface area contributed by atoms with E-state index in [1.54, 1.807) is 12.1 Å². The Bertz CT molecular complexity index is 553. The van der Waals surface area contributed by atoms with Crippen molar-refractivity contribution in [2.45, 2.75) is 24.9 Å².